The molecule has 0 spiro atoms. The van der Waals surface area contributed by atoms with Gasteiger partial charge in [-0.05, 0) is 6.92 Å². The molecule has 2 aromatic heterocycles. The predicted octanol–water partition coefficient (Wildman–Crippen LogP) is 1.84. The Kier molecular flexibility index (Phi) is 3.08. The van der Waals surface area contributed by atoms with Crippen LogP contribution in [0.4, 0.5) is 0 Å². The highest BCUT2D eigenvalue weighted by Gasteiger charge is 2.07. The predicted molar refractivity (Wildman–Crippen MR) is 60.1 cm³/mol. The first-order chi connectivity index (χ1) is 7.25. The zero-order valence-electron chi connectivity index (χ0n) is 8.06. The van der Waals surface area contributed by atoms with Gasteiger partial charge in [-0.3, -0.25) is 4.79 Å². The molecule has 0 bridgehead atoms. The van der Waals surface area contributed by atoms with E-state index in [1.54, 1.807) is 28.4 Å². The monoisotopic (exact) mass is 239 g/mol. The van der Waals surface area contributed by atoms with Gasteiger partial charge in [0.15, 0.2) is 0 Å². The molecule has 15 heavy (non-hydrogen) atoms. The summed E-state index contributed by atoms with van der Waals surface area (Å²) in [6.07, 6.45) is 1.80. The molecule has 2 aromatic rings. The number of nitrogens with one attached hydrogen (secondary N) is 1. The molecule has 0 atom stereocenters. The smallest absolute Gasteiger partial charge is 0.271 e. The lowest BCUT2D eigenvalue weighted by Crippen LogP contribution is -2.22. The van der Waals surface area contributed by atoms with Gasteiger partial charge in [-0.2, -0.15) is 0 Å². The average Bonchev–Trinajstić information content (AvgIpc) is 2.84. The first-order valence-corrected chi connectivity index (χ1v) is 6.09. The van der Waals surface area contributed by atoms with E-state index in [1.165, 1.54) is 11.3 Å². The van der Waals surface area contributed by atoms with E-state index in [0.717, 1.165) is 9.88 Å². The van der Waals surface area contributed by atoms with Crippen molar-refractivity contribution in [3.8, 4) is 0 Å². The van der Waals surface area contributed by atoms with E-state index in [0.29, 0.717) is 12.2 Å². The third-order valence-electron chi connectivity index (χ3n) is 1.73. The van der Waals surface area contributed by atoms with Crippen LogP contribution in [-0.4, -0.2) is 15.9 Å². The van der Waals surface area contributed by atoms with E-state index in [2.05, 4.69) is 15.3 Å². The van der Waals surface area contributed by atoms with Gasteiger partial charge in [0.05, 0.1) is 12.1 Å². The van der Waals surface area contributed by atoms with Gasteiger partial charge in [-0.15, -0.1) is 22.7 Å². The molecule has 0 saturated heterocycles. The highest BCUT2D eigenvalue weighted by Crippen LogP contribution is 2.10. The summed E-state index contributed by atoms with van der Waals surface area (Å²) >= 11 is 2.99. The quantitative estimate of drug-likeness (QED) is 0.889. The normalized spacial score (nSPS) is 10.2. The van der Waals surface area contributed by atoms with Gasteiger partial charge in [0.2, 0.25) is 0 Å². The number of hydrogen-bond acceptors (Lipinski definition) is 5. The van der Waals surface area contributed by atoms with Gasteiger partial charge < -0.3 is 5.32 Å². The Labute approximate surface area is 95.0 Å². The topological polar surface area (TPSA) is 54.9 Å². The maximum Gasteiger partial charge on any atom is 0.271 e. The number of nitrogens with zero attached hydrogens (tertiary/aromatic N) is 2. The SMILES string of the molecule is Cc1cnc(CNC(=O)c2cscn2)s1. The maximum atomic E-state index is 11.5. The molecular weight excluding hydrogens is 230 g/mol. The first kappa shape index (κ1) is 10.3. The maximum absolute atomic E-state index is 11.5. The fourth-order valence-electron chi connectivity index (χ4n) is 1.05. The Morgan fingerprint density at radius 1 is 1.53 bits per heavy atom. The lowest BCUT2D eigenvalue weighted by atomic mass is 10.4. The Morgan fingerprint density at radius 2 is 2.40 bits per heavy atom. The minimum atomic E-state index is -0.149. The van der Waals surface area contributed by atoms with Gasteiger partial charge in [-0.1, -0.05) is 0 Å². The van der Waals surface area contributed by atoms with Crippen LogP contribution in [0, 0.1) is 6.92 Å². The zero-order valence-corrected chi connectivity index (χ0v) is 9.69. The number of aromatic nitrogens is 2. The molecule has 78 valence electrons. The number of aryl methyl sites for hydroxylation is 1. The van der Waals surface area contributed by atoms with Crippen LogP contribution in [0.2, 0.25) is 0 Å². The van der Waals surface area contributed by atoms with Crippen molar-refractivity contribution in [2.45, 2.75) is 13.5 Å². The van der Waals surface area contributed by atoms with E-state index in [4.69, 9.17) is 0 Å². The number of thiazole rings is 2. The highest BCUT2D eigenvalue weighted by atomic mass is 32.1. The summed E-state index contributed by atoms with van der Waals surface area (Å²) in [7, 11) is 0. The fourth-order valence-corrected chi connectivity index (χ4v) is 2.31. The third kappa shape index (κ3) is 2.60. The zero-order chi connectivity index (χ0) is 10.7. The summed E-state index contributed by atoms with van der Waals surface area (Å²) in [4.78, 5) is 20.7. The summed E-state index contributed by atoms with van der Waals surface area (Å²) in [5.74, 6) is -0.149. The molecule has 0 unspecified atom stereocenters. The number of amides is 1. The Hall–Kier alpha value is -1.27. The van der Waals surface area contributed by atoms with E-state index < -0.39 is 0 Å². The lowest BCUT2D eigenvalue weighted by molar-refractivity contribution is 0.0946. The number of hydrogen-bond donors (Lipinski definition) is 1. The molecule has 1 amide bonds. The summed E-state index contributed by atoms with van der Waals surface area (Å²) in [6, 6.07) is 0. The fraction of sp³-hybridized carbons (Fsp3) is 0.222. The molecule has 0 aliphatic rings. The van der Waals surface area contributed by atoms with Crippen LogP contribution >= 0.6 is 22.7 Å². The van der Waals surface area contributed by atoms with Crippen LogP contribution < -0.4 is 5.32 Å². The van der Waals surface area contributed by atoms with Crippen LogP contribution in [-0.2, 0) is 6.54 Å². The van der Waals surface area contributed by atoms with Crippen LogP contribution in [0.1, 0.15) is 20.4 Å². The molecule has 0 fully saturated rings. The molecular formula is C9H9N3OS2. The number of rotatable bonds is 3. The van der Waals surface area contributed by atoms with Gasteiger partial charge in [-0.25, -0.2) is 9.97 Å². The second-order valence-electron chi connectivity index (χ2n) is 2.92. The summed E-state index contributed by atoms with van der Waals surface area (Å²) in [6.45, 7) is 2.46. The van der Waals surface area contributed by atoms with Gasteiger partial charge >= 0.3 is 0 Å². The summed E-state index contributed by atoms with van der Waals surface area (Å²) in [5.41, 5.74) is 2.11. The molecule has 0 aliphatic carbocycles. The Bertz CT molecular complexity index is 450. The Balaban J connectivity index is 1.91. The van der Waals surface area contributed by atoms with Crippen molar-refractivity contribution in [1.82, 2.24) is 15.3 Å². The van der Waals surface area contributed by atoms with E-state index >= 15 is 0 Å². The van der Waals surface area contributed by atoms with Crippen molar-refractivity contribution in [2.75, 3.05) is 0 Å². The second kappa shape index (κ2) is 4.50. The highest BCUT2D eigenvalue weighted by molar-refractivity contribution is 7.11. The van der Waals surface area contributed by atoms with E-state index in [9.17, 15) is 4.79 Å². The van der Waals surface area contributed by atoms with Crippen molar-refractivity contribution in [3.05, 3.63) is 32.7 Å². The first-order valence-electron chi connectivity index (χ1n) is 4.33. The molecule has 0 aliphatic heterocycles. The van der Waals surface area contributed by atoms with Crippen LogP contribution in [0.5, 0.6) is 0 Å². The van der Waals surface area contributed by atoms with Crippen molar-refractivity contribution in [2.24, 2.45) is 0 Å². The molecule has 4 nitrogen and oxygen atoms in total. The molecule has 6 heteroatoms. The molecule has 2 heterocycles. The van der Waals surface area contributed by atoms with Crippen LogP contribution in [0.3, 0.4) is 0 Å². The molecule has 2 rings (SSSR count). The van der Waals surface area contributed by atoms with Crippen molar-refractivity contribution in [1.29, 1.82) is 0 Å². The molecule has 0 radical (unpaired) electrons. The third-order valence-corrected chi connectivity index (χ3v) is 3.23. The molecule has 0 saturated carbocycles. The second-order valence-corrected chi connectivity index (χ2v) is 4.96. The number of carbonyl (C=O) groups excluding carboxylic acids is 1. The van der Waals surface area contributed by atoms with Crippen LogP contribution in [0.25, 0.3) is 0 Å². The van der Waals surface area contributed by atoms with E-state index in [-0.39, 0.29) is 5.91 Å². The molecule has 1 N–H and O–H groups in total. The van der Waals surface area contributed by atoms with Crippen molar-refractivity contribution < 1.29 is 4.79 Å². The standard InChI is InChI=1S/C9H9N3OS2/c1-6-2-10-8(15-6)3-11-9(13)7-4-14-5-12-7/h2,4-5H,3H2,1H3,(H,11,13). The largest absolute Gasteiger partial charge is 0.344 e. The van der Waals surface area contributed by atoms with Gasteiger partial charge in [0.25, 0.3) is 5.91 Å². The van der Waals surface area contributed by atoms with Crippen LogP contribution in [0.15, 0.2) is 17.1 Å². The molecule has 0 aromatic carbocycles. The Morgan fingerprint density at radius 3 is 3.00 bits per heavy atom. The van der Waals surface area contributed by atoms with Gasteiger partial charge in [0.1, 0.15) is 10.7 Å². The lowest BCUT2D eigenvalue weighted by Gasteiger charge is -1.98. The minimum Gasteiger partial charge on any atom is -0.344 e. The summed E-state index contributed by atoms with van der Waals surface area (Å²) in [5, 5.41) is 5.41. The van der Waals surface area contributed by atoms with Crippen molar-refractivity contribution >= 4 is 28.6 Å². The van der Waals surface area contributed by atoms with E-state index in [1.807, 2.05) is 6.92 Å². The van der Waals surface area contributed by atoms with Crippen molar-refractivity contribution in [3.63, 3.8) is 0 Å². The minimum absolute atomic E-state index is 0.149. The summed E-state index contributed by atoms with van der Waals surface area (Å²) < 4.78 is 0. The van der Waals surface area contributed by atoms with Gasteiger partial charge in [0, 0.05) is 16.5 Å². The number of carbonyl (C=O) groups is 1. The average molecular weight is 239 g/mol.